The van der Waals surface area contributed by atoms with Crippen LogP contribution in [0, 0.1) is 5.92 Å². The van der Waals surface area contributed by atoms with Crippen molar-refractivity contribution >= 4 is 16.7 Å². The number of benzene rings is 2. The van der Waals surface area contributed by atoms with E-state index in [0.29, 0.717) is 5.69 Å². The fourth-order valence-corrected chi connectivity index (χ4v) is 4.05. The monoisotopic (exact) mass is 374 g/mol. The number of allylic oxidation sites excluding steroid dienone is 1. The predicted octanol–water partition coefficient (Wildman–Crippen LogP) is 4.83. The molecule has 1 N–H and O–H groups in total. The van der Waals surface area contributed by atoms with E-state index in [1.165, 1.54) is 11.1 Å². The van der Waals surface area contributed by atoms with E-state index < -0.39 is 0 Å². The van der Waals surface area contributed by atoms with E-state index in [-0.39, 0.29) is 11.7 Å². The van der Waals surface area contributed by atoms with Gasteiger partial charge in [0.25, 0.3) is 0 Å². The van der Waals surface area contributed by atoms with Gasteiger partial charge in [-0.25, -0.2) is 0 Å². The highest BCUT2D eigenvalue weighted by molar-refractivity contribution is 6.02. The number of Topliss-reactive ketones (excluding diaryl/α,β-unsaturated/α-hetero) is 1. The highest BCUT2D eigenvalue weighted by Crippen LogP contribution is 2.29. The minimum atomic E-state index is -0.0369. The van der Waals surface area contributed by atoms with Gasteiger partial charge in [0.15, 0.2) is 5.78 Å². The Morgan fingerprint density at radius 1 is 1.21 bits per heavy atom. The number of ketones is 1. The van der Waals surface area contributed by atoms with Gasteiger partial charge in [-0.15, -0.1) is 0 Å². The van der Waals surface area contributed by atoms with Gasteiger partial charge in [-0.2, -0.15) is 0 Å². The van der Waals surface area contributed by atoms with Gasteiger partial charge < -0.3 is 9.72 Å². The number of rotatable bonds is 5. The van der Waals surface area contributed by atoms with Crippen LogP contribution in [0.4, 0.5) is 0 Å². The summed E-state index contributed by atoms with van der Waals surface area (Å²) in [6.07, 6.45) is 2.97. The number of methoxy groups -OCH3 is 1. The van der Waals surface area contributed by atoms with E-state index in [9.17, 15) is 4.79 Å². The van der Waals surface area contributed by atoms with Gasteiger partial charge in [0, 0.05) is 29.9 Å². The van der Waals surface area contributed by atoms with Gasteiger partial charge in [0.2, 0.25) is 0 Å². The van der Waals surface area contributed by atoms with E-state index >= 15 is 0 Å². The Kier molecular flexibility index (Phi) is 5.31. The minimum absolute atomic E-state index is 0.0369. The highest BCUT2D eigenvalue weighted by atomic mass is 16.5. The Hall–Kier alpha value is -2.85. The number of piperidine rings is 1. The minimum Gasteiger partial charge on any atom is -0.497 e. The third-order valence-electron chi connectivity index (χ3n) is 5.64. The zero-order chi connectivity index (χ0) is 19.5. The zero-order valence-corrected chi connectivity index (χ0v) is 16.4. The molecule has 1 aliphatic rings. The normalized spacial score (nSPS) is 19.2. The number of para-hydroxylation sites is 1. The molecular formula is C24H26N2O2. The zero-order valence-electron chi connectivity index (χ0n) is 16.4. The number of nitrogens with zero attached hydrogens (tertiary/aromatic N) is 1. The summed E-state index contributed by atoms with van der Waals surface area (Å²) in [5.74, 6) is 1.04. The van der Waals surface area contributed by atoms with Crippen LogP contribution in [0.1, 0.15) is 29.4 Å². The second-order valence-corrected chi connectivity index (χ2v) is 7.40. The highest BCUT2D eigenvalue weighted by Gasteiger charge is 2.30. The summed E-state index contributed by atoms with van der Waals surface area (Å²) < 4.78 is 5.23. The van der Waals surface area contributed by atoms with Crippen LogP contribution >= 0.6 is 0 Å². The molecule has 4 heteroatoms. The average molecular weight is 374 g/mol. The third kappa shape index (κ3) is 3.73. The molecule has 1 fully saturated rings. The van der Waals surface area contributed by atoms with Crippen LogP contribution in [0.15, 0.2) is 66.2 Å². The smallest absolute Gasteiger partial charge is 0.186 e. The summed E-state index contributed by atoms with van der Waals surface area (Å²) in [6, 6.07) is 18.2. The van der Waals surface area contributed by atoms with Crippen LogP contribution < -0.4 is 4.74 Å². The number of aromatic amines is 1. The Morgan fingerprint density at radius 2 is 2.00 bits per heavy atom. The summed E-state index contributed by atoms with van der Waals surface area (Å²) in [6.45, 7) is 4.67. The van der Waals surface area contributed by atoms with Crippen LogP contribution in [0.5, 0.6) is 5.75 Å². The van der Waals surface area contributed by atoms with Crippen molar-refractivity contribution in [2.24, 2.45) is 5.92 Å². The molecule has 0 aliphatic carbocycles. The lowest BCUT2D eigenvalue weighted by molar-refractivity contribution is 0.0893. The SMILES string of the molecule is C/C=C1/CN(Cc2ccc(OC)cc2)CC[C@@H]1C(=O)c1cc2ccccc2[nH]1. The molecule has 2 aromatic carbocycles. The van der Waals surface area contributed by atoms with Crippen molar-refractivity contribution < 1.29 is 9.53 Å². The Balaban J connectivity index is 1.46. The van der Waals surface area contributed by atoms with E-state index in [0.717, 1.165) is 42.7 Å². The lowest BCUT2D eigenvalue weighted by atomic mass is 9.86. The summed E-state index contributed by atoms with van der Waals surface area (Å²) in [5, 5.41) is 1.09. The Labute approximate surface area is 165 Å². The number of nitrogens with one attached hydrogen (secondary N) is 1. The maximum atomic E-state index is 13.2. The number of carbonyl (C=O) groups excluding carboxylic acids is 1. The van der Waals surface area contributed by atoms with Gasteiger partial charge in [0.05, 0.1) is 12.8 Å². The molecule has 0 unspecified atom stereocenters. The number of carbonyl (C=O) groups is 1. The molecular weight excluding hydrogens is 348 g/mol. The molecule has 0 radical (unpaired) electrons. The molecule has 0 spiro atoms. The first-order valence-electron chi connectivity index (χ1n) is 9.80. The van der Waals surface area contributed by atoms with Crippen molar-refractivity contribution in [3.63, 3.8) is 0 Å². The molecule has 28 heavy (non-hydrogen) atoms. The first-order valence-corrected chi connectivity index (χ1v) is 9.80. The molecule has 1 aliphatic heterocycles. The van der Waals surface area contributed by atoms with Crippen molar-refractivity contribution in [3.8, 4) is 5.75 Å². The fraction of sp³-hybridized carbons (Fsp3) is 0.292. The molecule has 2 heterocycles. The first-order chi connectivity index (χ1) is 13.7. The quantitative estimate of drug-likeness (QED) is 0.514. The second-order valence-electron chi connectivity index (χ2n) is 7.40. The average Bonchev–Trinajstić information content (AvgIpc) is 3.18. The maximum absolute atomic E-state index is 13.2. The van der Waals surface area contributed by atoms with Gasteiger partial charge >= 0.3 is 0 Å². The molecule has 3 aromatic rings. The number of H-pyrrole nitrogens is 1. The third-order valence-corrected chi connectivity index (χ3v) is 5.64. The van der Waals surface area contributed by atoms with Gasteiger partial charge in [-0.3, -0.25) is 9.69 Å². The fourth-order valence-electron chi connectivity index (χ4n) is 4.05. The molecule has 0 bridgehead atoms. The largest absolute Gasteiger partial charge is 0.497 e. The van der Waals surface area contributed by atoms with Crippen molar-refractivity contribution in [3.05, 3.63) is 77.5 Å². The molecule has 1 aromatic heterocycles. The van der Waals surface area contributed by atoms with E-state index in [2.05, 4.69) is 28.1 Å². The summed E-state index contributed by atoms with van der Waals surface area (Å²) >= 11 is 0. The van der Waals surface area contributed by atoms with Crippen LogP contribution in [0.3, 0.4) is 0 Å². The molecule has 4 rings (SSSR count). The molecule has 0 saturated carbocycles. The summed E-state index contributed by atoms with van der Waals surface area (Å²) in [5.41, 5.74) is 4.21. The van der Waals surface area contributed by atoms with E-state index in [4.69, 9.17) is 4.74 Å². The topological polar surface area (TPSA) is 45.3 Å². The number of likely N-dealkylation sites (tertiary alicyclic amines) is 1. The lowest BCUT2D eigenvalue weighted by Gasteiger charge is -2.33. The van der Waals surface area contributed by atoms with Gasteiger partial charge in [-0.1, -0.05) is 36.4 Å². The summed E-state index contributed by atoms with van der Waals surface area (Å²) in [7, 11) is 1.68. The Morgan fingerprint density at radius 3 is 2.71 bits per heavy atom. The van der Waals surface area contributed by atoms with Crippen LogP contribution in [-0.2, 0) is 6.54 Å². The van der Waals surface area contributed by atoms with E-state index in [1.54, 1.807) is 7.11 Å². The first kappa shape index (κ1) is 18.5. The van der Waals surface area contributed by atoms with Crippen molar-refractivity contribution in [1.29, 1.82) is 0 Å². The van der Waals surface area contributed by atoms with E-state index in [1.807, 2.05) is 49.4 Å². The van der Waals surface area contributed by atoms with Gasteiger partial charge in [0.1, 0.15) is 5.75 Å². The molecule has 4 nitrogen and oxygen atoms in total. The van der Waals surface area contributed by atoms with Crippen molar-refractivity contribution in [1.82, 2.24) is 9.88 Å². The molecule has 1 atom stereocenters. The number of hydrogen-bond acceptors (Lipinski definition) is 3. The van der Waals surface area contributed by atoms with Crippen LogP contribution in [0.2, 0.25) is 0 Å². The van der Waals surface area contributed by atoms with Gasteiger partial charge in [-0.05, 0) is 55.3 Å². The summed E-state index contributed by atoms with van der Waals surface area (Å²) in [4.78, 5) is 18.9. The number of aromatic nitrogens is 1. The number of ether oxygens (including phenoxy) is 1. The predicted molar refractivity (Wildman–Crippen MR) is 113 cm³/mol. The maximum Gasteiger partial charge on any atom is 0.186 e. The standard InChI is InChI=1S/C24H26N2O2/c1-3-18-16-26(15-17-8-10-20(28-2)11-9-17)13-12-21(18)24(27)23-14-19-6-4-5-7-22(19)25-23/h3-11,14,21,25H,12-13,15-16H2,1-2H3/b18-3-/t21-/m0/s1. The van der Waals surface area contributed by atoms with Crippen LogP contribution in [-0.4, -0.2) is 35.9 Å². The molecule has 1 saturated heterocycles. The van der Waals surface area contributed by atoms with Crippen molar-refractivity contribution in [2.45, 2.75) is 19.9 Å². The number of fused-ring (bicyclic) bond motifs is 1. The molecule has 0 amide bonds. The lowest BCUT2D eigenvalue weighted by Crippen LogP contribution is -2.38. The van der Waals surface area contributed by atoms with Crippen molar-refractivity contribution in [2.75, 3.05) is 20.2 Å². The van der Waals surface area contributed by atoms with Crippen LogP contribution in [0.25, 0.3) is 10.9 Å². The Bertz CT molecular complexity index is 968. The second kappa shape index (κ2) is 8.03. The number of hydrogen-bond donors (Lipinski definition) is 1. The molecule has 144 valence electrons.